The number of anilines is 1. The number of nitrogens with one attached hydrogen (secondary N) is 1. The molecule has 5 aromatic rings. The molecule has 142 valence electrons. The Morgan fingerprint density at radius 3 is 2.62 bits per heavy atom. The molecule has 0 aliphatic rings. The summed E-state index contributed by atoms with van der Waals surface area (Å²) in [5.74, 6) is 0.412. The Morgan fingerprint density at radius 2 is 1.79 bits per heavy atom. The van der Waals surface area contributed by atoms with Crippen LogP contribution < -0.4 is 16.1 Å². The highest BCUT2D eigenvalue weighted by molar-refractivity contribution is 5.98. The second-order valence-corrected chi connectivity index (χ2v) is 6.60. The van der Waals surface area contributed by atoms with Crippen LogP contribution in [0.1, 0.15) is 5.69 Å². The number of H-pyrrole nitrogens is 1. The van der Waals surface area contributed by atoms with E-state index in [1.54, 1.807) is 12.3 Å². The van der Waals surface area contributed by atoms with Crippen molar-refractivity contribution < 1.29 is 4.84 Å². The maximum Gasteiger partial charge on any atom is 0.296 e. The van der Waals surface area contributed by atoms with Gasteiger partial charge in [0.25, 0.3) is 5.56 Å². The van der Waals surface area contributed by atoms with Gasteiger partial charge in [-0.05, 0) is 30.3 Å². The van der Waals surface area contributed by atoms with Gasteiger partial charge in [0.1, 0.15) is 11.4 Å². The third kappa shape index (κ3) is 2.89. The number of nitrogen functional groups attached to an aromatic ring is 1. The van der Waals surface area contributed by atoms with Gasteiger partial charge >= 0.3 is 0 Å². The Labute approximate surface area is 165 Å². The monoisotopic (exact) mass is 383 g/mol. The summed E-state index contributed by atoms with van der Waals surface area (Å²) in [5.41, 5.74) is 9.56. The van der Waals surface area contributed by atoms with E-state index in [1.807, 2.05) is 60.7 Å². The maximum absolute atomic E-state index is 13.4. The second kappa shape index (κ2) is 6.79. The first-order valence-electron chi connectivity index (χ1n) is 9.14. The molecule has 7 nitrogen and oxygen atoms in total. The molecule has 0 aliphatic carbocycles. The highest BCUT2D eigenvalue weighted by atomic mass is 16.7. The summed E-state index contributed by atoms with van der Waals surface area (Å²) in [6.45, 7) is 0.147. The molecule has 5 rings (SSSR count). The molecule has 3 aromatic heterocycles. The average molecular weight is 383 g/mol. The Balaban J connectivity index is 1.71. The van der Waals surface area contributed by atoms with Crippen molar-refractivity contribution in [1.82, 2.24) is 19.7 Å². The van der Waals surface area contributed by atoms with Crippen LogP contribution in [0.5, 0.6) is 0 Å². The van der Waals surface area contributed by atoms with Crippen molar-refractivity contribution in [3.05, 3.63) is 89.0 Å². The number of aromatic nitrogens is 4. The van der Waals surface area contributed by atoms with Crippen LogP contribution in [0.2, 0.25) is 0 Å². The molecule has 0 bridgehead atoms. The maximum atomic E-state index is 13.4. The normalized spacial score (nSPS) is 11.2. The Kier molecular flexibility index (Phi) is 3.98. The average Bonchev–Trinajstić information content (AvgIpc) is 3.18. The molecule has 0 fully saturated rings. The van der Waals surface area contributed by atoms with Gasteiger partial charge in [-0.2, -0.15) is 0 Å². The fourth-order valence-electron chi connectivity index (χ4n) is 3.38. The van der Waals surface area contributed by atoms with E-state index >= 15 is 0 Å². The quantitative estimate of drug-likeness (QED) is 0.497. The van der Waals surface area contributed by atoms with E-state index in [2.05, 4.69) is 15.0 Å². The van der Waals surface area contributed by atoms with Crippen molar-refractivity contribution in [2.75, 3.05) is 5.73 Å². The van der Waals surface area contributed by atoms with Crippen molar-refractivity contribution in [3.63, 3.8) is 0 Å². The summed E-state index contributed by atoms with van der Waals surface area (Å²) in [4.78, 5) is 31.2. The van der Waals surface area contributed by atoms with Gasteiger partial charge < -0.3 is 15.6 Å². The van der Waals surface area contributed by atoms with Crippen LogP contribution in [0, 0.1) is 0 Å². The fraction of sp³-hybridized carbons (Fsp3) is 0.0455. The van der Waals surface area contributed by atoms with Gasteiger partial charge in [-0.3, -0.25) is 9.78 Å². The standard InChI is InChI=1S/C22H17N5O2/c23-20-15-8-1-4-11-18(15)27(29-13-14-7-5-6-12-24-14)22(28)19(20)21-25-16-9-2-3-10-17(16)26-21/h1-12H,13,23H2,(H,25,26). The minimum absolute atomic E-state index is 0.147. The Morgan fingerprint density at radius 1 is 1.00 bits per heavy atom. The molecule has 0 atom stereocenters. The lowest BCUT2D eigenvalue weighted by molar-refractivity contribution is 0.0974. The van der Waals surface area contributed by atoms with E-state index < -0.39 is 0 Å². The molecular weight excluding hydrogens is 366 g/mol. The number of hydrogen-bond donors (Lipinski definition) is 2. The molecule has 0 saturated carbocycles. The van der Waals surface area contributed by atoms with E-state index in [0.717, 1.165) is 11.0 Å². The summed E-state index contributed by atoms with van der Waals surface area (Å²) in [6, 6.07) is 20.5. The predicted molar refractivity (Wildman–Crippen MR) is 112 cm³/mol. The van der Waals surface area contributed by atoms with Crippen LogP contribution >= 0.6 is 0 Å². The number of nitrogens with two attached hydrogens (primary N) is 1. The molecule has 7 heteroatoms. The van der Waals surface area contributed by atoms with Gasteiger partial charge in [-0.25, -0.2) is 4.98 Å². The molecule has 0 spiro atoms. The SMILES string of the molecule is Nc1c(-c2nc3ccccc3[nH]2)c(=O)n(OCc2ccccn2)c2ccccc12. The third-order valence-corrected chi connectivity index (χ3v) is 4.77. The number of hydrogen-bond acceptors (Lipinski definition) is 5. The predicted octanol–water partition coefficient (Wildman–Crippen LogP) is 3.15. The summed E-state index contributed by atoms with van der Waals surface area (Å²) in [7, 11) is 0. The zero-order valence-electron chi connectivity index (χ0n) is 15.4. The highest BCUT2D eigenvalue weighted by Gasteiger charge is 2.20. The van der Waals surface area contributed by atoms with Gasteiger partial charge in [-0.1, -0.05) is 36.4 Å². The van der Waals surface area contributed by atoms with Gasteiger partial charge in [0.2, 0.25) is 0 Å². The van der Waals surface area contributed by atoms with Crippen molar-refractivity contribution in [3.8, 4) is 11.4 Å². The molecule has 3 N–H and O–H groups in total. The van der Waals surface area contributed by atoms with Crippen LogP contribution in [0.4, 0.5) is 5.69 Å². The number of pyridine rings is 2. The van der Waals surface area contributed by atoms with Crippen LogP contribution in [0.15, 0.2) is 77.7 Å². The van der Waals surface area contributed by atoms with Crippen LogP contribution in [-0.2, 0) is 6.61 Å². The molecule has 0 unspecified atom stereocenters. The molecule has 3 heterocycles. The summed E-state index contributed by atoms with van der Waals surface area (Å²) < 4.78 is 1.27. The van der Waals surface area contributed by atoms with Gasteiger partial charge in [0.15, 0.2) is 6.61 Å². The van der Waals surface area contributed by atoms with E-state index in [-0.39, 0.29) is 17.7 Å². The minimum atomic E-state index is -0.379. The smallest absolute Gasteiger partial charge is 0.296 e. The molecular formula is C22H17N5O2. The van der Waals surface area contributed by atoms with Crippen molar-refractivity contribution in [2.24, 2.45) is 0 Å². The molecule has 29 heavy (non-hydrogen) atoms. The van der Waals surface area contributed by atoms with Crippen molar-refractivity contribution in [2.45, 2.75) is 6.61 Å². The van der Waals surface area contributed by atoms with Crippen molar-refractivity contribution >= 4 is 27.6 Å². The van der Waals surface area contributed by atoms with Gasteiger partial charge in [0.05, 0.1) is 27.9 Å². The van der Waals surface area contributed by atoms with Gasteiger partial charge in [-0.15, -0.1) is 4.73 Å². The number of rotatable bonds is 4. The summed E-state index contributed by atoms with van der Waals surface area (Å²) in [6.07, 6.45) is 1.68. The highest BCUT2D eigenvalue weighted by Crippen LogP contribution is 2.29. The number of benzene rings is 2. The fourth-order valence-corrected chi connectivity index (χ4v) is 3.38. The van der Waals surface area contributed by atoms with Crippen LogP contribution in [-0.4, -0.2) is 19.7 Å². The summed E-state index contributed by atoms with van der Waals surface area (Å²) in [5, 5.41) is 0.712. The van der Waals surface area contributed by atoms with E-state index in [1.165, 1.54) is 4.73 Å². The number of aromatic amines is 1. The Bertz CT molecular complexity index is 1360. The Hall–Kier alpha value is -4.13. The van der Waals surface area contributed by atoms with E-state index in [0.29, 0.717) is 28.1 Å². The zero-order valence-corrected chi connectivity index (χ0v) is 15.4. The van der Waals surface area contributed by atoms with E-state index in [4.69, 9.17) is 10.6 Å². The number of fused-ring (bicyclic) bond motifs is 2. The van der Waals surface area contributed by atoms with Crippen LogP contribution in [0.25, 0.3) is 33.3 Å². The zero-order chi connectivity index (χ0) is 19.8. The molecule has 0 radical (unpaired) electrons. The minimum Gasteiger partial charge on any atom is -0.404 e. The first-order valence-corrected chi connectivity index (χ1v) is 9.14. The lowest BCUT2D eigenvalue weighted by atomic mass is 10.1. The molecule has 0 amide bonds. The molecule has 0 saturated heterocycles. The number of nitrogens with zero attached hydrogens (tertiary/aromatic N) is 3. The third-order valence-electron chi connectivity index (χ3n) is 4.77. The van der Waals surface area contributed by atoms with E-state index in [9.17, 15) is 4.79 Å². The molecule has 0 aliphatic heterocycles. The largest absolute Gasteiger partial charge is 0.404 e. The van der Waals surface area contributed by atoms with Gasteiger partial charge in [0, 0.05) is 11.6 Å². The van der Waals surface area contributed by atoms with Crippen LogP contribution in [0.3, 0.4) is 0 Å². The first kappa shape index (κ1) is 17.0. The lowest BCUT2D eigenvalue weighted by Crippen LogP contribution is -2.29. The lowest BCUT2D eigenvalue weighted by Gasteiger charge is -2.15. The topological polar surface area (TPSA) is 98.8 Å². The molecule has 2 aromatic carbocycles. The van der Waals surface area contributed by atoms with Crippen molar-refractivity contribution in [1.29, 1.82) is 0 Å². The summed E-state index contributed by atoms with van der Waals surface area (Å²) >= 11 is 0. The number of para-hydroxylation sites is 3. The number of imidazole rings is 1. The second-order valence-electron chi connectivity index (χ2n) is 6.60. The first-order chi connectivity index (χ1) is 14.2.